The summed E-state index contributed by atoms with van der Waals surface area (Å²) in [6.07, 6.45) is -4.38. The fourth-order valence-electron chi connectivity index (χ4n) is 2.51. The normalized spacial score (nSPS) is 11.9. The molecule has 0 saturated carbocycles. The van der Waals surface area contributed by atoms with Crippen molar-refractivity contribution in [2.75, 3.05) is 5.32 Å². The van der Waals surface area contributed by atoms with E-state index in [1.807, 2.05) is 34.6 Å². The van der Waals surface area contributed by atoms with E-state index in [1.54, 1.807) is 12.1 Å². The summed E-state index contributed by atoms with van der Waals surface area (Å²) >= 11 is 0. The van der Waals surface area contributed by atoms with Gasteiger partial charge in [0.25, 0.3) is 0 Å². The van der Waals surface area contributed by atoms with Gasteiger partial charge < -0.3 is 15.4 Å². The van der Waals surface area contributed by atoms with Crippen molar-refractivity contribution in [1.82, 2.24) is 5.32 Å². The zero-order valence-corrected chi connectivity index (χ0v) is 15.9. The minimum Gasteiger partial charge on any atom is -0.457 e. The third kappa shape index (κ3) is 5.91. The smallest absolute Gasteiger partial charge is 0.416 e. The van der Waals surface area contributed by atoms with Crippen molar-refractivity contribution in [2.45, 2.75) is 46.3 Å². The van der Waals surface area contributed by atoms with Gasteiger partial charge in [-0.25, -0.2) is 4.79 Å². The van der Waals surface area contributed by atoms with Crippen molar-refractivity contribution in [1.29, 1.82) is 0 Å². The zero-order valence-electron chi connectivity index (χ0n) is 15.9. The maximum atomic E-state index is 12.6. The fourth-order valence-corrected chi connectivity index (χ4v) is 2.51. The molecule has 0 fully saturated rings. The van der Waals surface area contributed by atoms with Gasteiger partial charge in [-0.05, 0) is 82.1 Å². The van der Waals surface area contributed by atoms with Gasteiger partial charge in [0, 0.05) is 11.2 Å². The first kappa shape index (κ1) is 20.6. The number of rotatable bonds is 3. The van der Waals surface area contributed by atoms with Gasteiger partial charge in [-0.15, -0.1) is 0 Å². The summed E-state index contributed by atoms with van der Waals surface area (Å²) in [5.41, 5.74) is 1.13. The average Bonchev–Trinajstić information content (AvgIpc) is 2.49. The average molecular weight is 380 g/mol. The van der Waals surface area contributed by atoms with Crippen LogP contribution in [0.15, 0.2) is 36.4 Å². The molecule has 2 N–H and O–H groups in total. The van der Waals surface area contributed by atoms with Gasteiger partial charge >= 0.3 is 12.2 Å². The number of urea groups is 1. The van der Waals surface area contributed by atoms with E-state index in [-0.39, 0.29) is 11.6 Å². The second-order valence-electron chi connectivity index (χ2n) is 7.39. The van der Waals surface area contributed by atoms with Crippen LogP contribution in [0, 0.1) is 13.8 Å². The van der Waals surface area contributed by atoms with E-state index in [0.29, 0.717) is 17.2 Å². The number of hydrogen-bond acceptors (Lipinski definition) is 2. The van der Waals surface area contributed by atoms with Crippen molar-refractivity contribution in [3.8, 4) is 11.5 Å². The van der Waals surface area contributed by atoms with Crippen LogP contribution in [0.3, 0.4) is 0 Å². The standard InChI is InChI=1S/C20H23F3N2O2/c1-12-10-16(27-15-8-6-14(7-9-15)20(21,22)23)11-13(2)17(12)24-18(26)25-19(3,4)5/h6-11H,1-5H3,(H2,24,25,26). The molecule has 0 spiro atoms. The van der Waals surface area contributed by atoms with Gasteiger partial charge in [0.15, 0.2) is 0 Å². The maximum Gasteiger partial charge on any atom is 0.416 e. The molecule has 0 unspecified atom stereocenters. The van der Waals surface area contributed by atoms with Crippen LogP contribution in [0.5, 0.6) is 11.5 Å². The Morgan fingerprint density at radius 3 is 1.89 bits per heavy atom. The number of hydrogen-bond donors (Lipinski definition) is 2. The monoisotopic (exact) mass is 380 g/mol. The van der Waals surface area contributed by atoms with Crippen LogP contribution in [0.2, 0.25) is 0 Å². The van der Waals surface area contributed by atoms with Crippen LogP contribution in [0.4, 0.5) is 23.7 Å². The highest BCUT2D eigenvalue weighted by Gasteiger charge is 2.30. The van der Waals surface area contributed by atoms with Crippen molar-refractivity contribution >= 4 is 11.7 Å². The molecule has 2 amide bonds. The molecule has 0 atom stereocenters. The van der Waals surface area contributed by atoms with E-state index in [4.69, 9.17) is 4.74 Å². The second-order valence-corrected chi connectivity index (χ2v) is 7.39. The Balaban J connectivity index is 2.15. The molecule has 2 aromatic carbocycles. The van der Waals surface area contributed by atoms with Crippen molar-refractivity contribution < 1.29 is 22.7 Å². The lowest BCUT2D eigenvalue weighted by Crippen LogP contribution is -2.43. The summed E-state index contributed by atoms with van der Waals surface area (Å²) in [4.78, 5) is 12.1. The first-order chi connectivity index (χ1) is 12.3. The largest absolute Gasteiger partial charge is 0.457 e. The number of amides is 2. The molecule has 0 aliphatic carbocycles. The molecule has 27 heavy (non-hydrogen) atoms. The quantitative estimate of drug-likeness (QED) is 0.683. The number of alkyl halides is 3. The van der Waals surface area contributed by atoms with Crippen LogP contribution in [-0.2, 0) is 6.18 Å². The predicted molar refractivity (Wildman–Crippen MR) is 99.3 cm³/mol. The SMILES string of the molecule is Cc1cc(Oc2ccc(C(F)(F)F)cc2)cc(C)c1NC(=O)NC(C)(C)C. The molecule has 0 heterocycles. The van der Waals surface area contributed by atoms with Gasteiger partial charge in [-0.3, -0.25) is 0 Å². The third-order valence-corrected chi connectivity index (χ3v) is 3.65. The Hall–Kier alpha value is -2.70. The van der Waals surface area contributed by atoms with E-state index < -0.39 is 11.7 Å². The molecule has 146 valence electrons. The minimum absolute atomic E-state index is 0.299. The summed E-state index contributed by atoms with van der Waals surface area (Å²) < 4.78 is 43.5. The van der Waals surface area contributed by atoms with E-state index >= 15 is 0 Å². The lowest BCUT2D eigenvalue weighted by molar-refractivity contribution is -0.137. The molecule has 0 bridgehead atoms. The first-order valence-electron chi connectivity index (χ1n) is 8.41. The highest BCUT2D eigenvalue weighted by Crippen LogP contribution is 2.33. The Morgan fingerprint density at radius 1 is 0.926 bits per heavy atom. The molecule has 0 aromatic heterocycles. The number of benzene rings is 2. The molecular weight excluding hydrogens is 357 g/mol. The summed E-state index contributed by atoms with van der Waals surface area (Å²) in [6.45, 7) is 9.28. The van der Waals surface area contributed by atoms with Gasteiger partial charge in [0.2, 0.25) is 0 Å². The van der Waals surface area contributed by atoms with Gasteiger partial charge in [-0.2, -0.15) is 13.2 Å². The van der Waals surface area contributed by atoms with Gasteiger partial charge in [0.1, 0.15) is 11.5 Å². The van der Waals surface area contributed by atoms with E-state index in [9.17, 15) is 18.0 Å². The maximum absolute atomic E-state index is 12.6. The molecule has 0 saturated heterocycles. The highest BCUT2D eigenvalue weighted by atomic mass is 19.4. The van der Waals surface area contributed by atoms with Crippen molar-refractivity contribution in [3.05, 3.63) is 53.1 Å². The Labute approximate surface area is 156 Å². The van der Waals surface area contributed by atoms with Gasteiger partial charge in [-0.1, -0.05) is 0 Å². The molecule has 2 rings (SSSR count). The Morgan fingerprint density at radius 2 is 1.44 bits per heavy atom. The summed E-state index contributed by atoms with van der Waals surface area (Å²) in [7, 11) is 0. The Bertz CT molecular complexity index is 800. The van der Waals surface area contributed by atoms with Crippen LogP contribution in [0.1, 0.15) is 37.5 Å². The third-order valence-electron chi connectivity index (χ3n) is 3.65. The number of carbonyl (C=O) groups is 1. The van der Waals surface area contributed by atoms with Crippen LogP contribution < -0.4 is 15.4 Å². The van der Waals surface area contributed by atoms with E-state index in [2.05, 4.69) is 10.6 Å². The van der Waals surface area contributed by atoms with Crippen LogP contribution in [0.25, 0.3) is 0 Å². The molecule has 7 heteroatoms. The molecule has 0 aliphatic rings. The van der Waals surface area contributed by atoms with E-state index in [0.717, 1.165) is 23.3 Å². The minimum atomic E-state index is -4.38. The highest BCUT2D eigenvalue weighted by molar-refractivity contribution is 5.91. The van der Waals surface area contributed by atoms with E-state index in [1.165, 1.54) is 12.1 Å². The summed E-state index contributed by atoms with van der Waals surface area (Å²) in [6, 6.07) is 7.62. The first-order valence-corrected chi connectivity index (χ1v) is 8.41. The van der Waals surface area contributed by atoms with Crippen LogP contribution in [-0.4, -0.2) is 11.6 Å². The molecule has 2 aromatic rings. The topological polar surface area (TPSA) is 50.4 Å². The lowest BCUT2D eigenvalue weighted by Gasteiger charge is -2.22. The fraction of sp³-hybridized carbons (Fsp3) is 0.350. The Kier molecular flexibility index (Phi) is 5.73. The van der Waals surface area contributed by atoms with Crippen molar-refractivity contribution in [3.63, 3.8) is 0 Å². The lowest BCUT2D eigenvalue weighted by atomic mass is 10.1. The molecule has 0 radical (unpaired) electrons. The van der Waals surface area contributed by atoms with Crippen molar-refractivity contribution in [2.24, 2.45) is 0 Å². The second kappa shape index (κ2) is 7.50. The molecular formula is C20H23F3N2O2. The number of nitrogens with one attached hydrogen (secondary N) is 2. The van der Waals surface area contributed by atoms with Gasteiger partial charge in [0.05, 0.1) is 5.56 Å². The number of anilines is 1. The summed E-state index contributed by atoms with van der Waals surface area (Å²) in [5.74, 6) is 0.777. The number of carbonyl (C=O) groups excluding carboxylic acids is 1. The summed E-state index contributed by atoms with van der Waals surface area (Å²) in [5, 5.41) is 5.64. The zero-order chi connectivity index (χ0) is 20.4. The molecule has 4 nitrogen and oxygen atoms in total. The number of halogens is 3. The van der Waals surface area contributed by atoms with Crippen LogP contribution >= 0.6 is 0 Å². The number of ether oxygens (including phenoxy) is 1. The number of aryl methyl sites for hydroxylation is 2. The molecule has 0 aliphatic heterocycles. The predicted octanol–water partition coefficient (Wildman–Crippen LogP) is 6.03.